The molecule has 4 rings (SSSR count). The van der Waals surface area contributed by atoms with E-state index in [-0.39, 0.29) is 36.6 Å². The number of likely N-dealkylation sites (tertiary alicyclic amines) is 1. The molecule has 0 saturated carbocycles. The highest BCUT2D eigenvalue weighted by Gasteiger charge is 2.31. The number of hydrogen-bond acceptors (Lipinski definition) is 5. The Labute approximate surface area is 199 Å². The Morgan fingerprint density at radius 1 is 1.09 bits per heavy atom. The smallest absolute Gasteiger partial charge is 0.410 e. The number of fused-ring (bicyclic) bond motifs is 1. The van der Waals surface area contributed by atoms with E-state index >= 15 is 0 Å². The number of anilines is 1. The number of aromatic hydroxyl groups is 1. The van der Waals surface area contributed by atoms with Crippen LogP contribution in [-0.4, -0.2) is 65.1 Å². The summed E-state index contributed by atoms with van der Waals surface area (Å²) in [6.07, 6.45) is 1.76. The van der Waals surface area contributed by atoms with Crippen LogP contribution < -0.4 is 5.32 Å². The first-order valence-corrected chi connectivity index (χ1v) is 11.7. The predicted octanol–water partition coefficient (Wildman–Crippen LogP) is 3.81. The number of nitrogens with zero attached hydrogens (tertiary/aromatic N) is 2. The Morgan fingerprint density at radius 3 is 2.47 bits per heavy atom. The lowest BCUT2D eigenvalue weighted by Crippen LogP contribution is -2.50. The van der Waals surface area contributed by atoms with Crippen LogP contribution in [0.4, 0.5) is 15.3 Å². The maximum absolute atomic E-state index is 12.7. The second-order valence-corrected chi connectivity index (χ2v) is 9.10. The number of phenols is 1. The molecule has 2 N–H and O–H groups in total. The number of ether oxygens (including phenoxy) is 1. The SMILES string of the molecule is Cc1cc(CC(=O)COC(=O)N2CCC(N3CCc4ccccc4NC3=O)CC2)cc(C)c1O. The van der Waals surface area contributed by atoms with Gasteiger partial charge in [0.1, 0.15) is 5.75 Å². The van der Waals surface area contributed by atoms with Crippen LogP contribution >= 0.6 is 0 Å². The van der Waals surface area contributed by atoms with Gasteiger partial charge in [0.2, 0.25) is 0 Å². The number of phenolic OH excluding ortho intramolecular Hbond substituents is 1. The van der Waals surface area contributed by atoms with E-state index in [4.69, 9.17) is 4.74 Å². The van der Waals surface area contributed by atoms with Crippen molar-refractivity contribution < 1.29 is 24.2 Å². The minimum absolute atomic E-state index is 0.0565. The van der Waals surface area contributed by atoms with E-state index in [1.54, 1.807) is 30.9 Å². The van der Waals surface area contributed by atoms with Crippen molar-refractivity contribution in [2.75, 3.05) is 31.6 Å². The van der Waals surface area contributed by atoms with Crippen LogP contribution in [0.3, 0.4) is 0 Å². The molecule has 2 aromatic rings. The number of benzene rings is 2. The van der Waals surface area contributed by atoms with Crippen LogP contribution in [-0.2, 0) is 22.4 Å². The zero-order valence-corrected chi connectivity index (χ0v) is 19.7. The molecule has 0 aliphatic carbocycles. The van der Waals surface area contributed by atoms with Crippen LogP contribution in [0.1, 0.15) is 35.1 Å². The van der Waals surface area contributed by atoms with E-state index < -0.39 is 6.09 Å². The quantitative estimate of drug-likeness (QED) is 0.700. The lowest BCUT2D eigenvalue weighted by atomic mass is 10.0. The van der Waals surface area contributed by atoms with Gasteiger partial charge in [-0.3, -0.25) is 4.79 Å². The fourth-order valence-corrected chi connectivity index (χ4v) is 4.76. The third-order valence-electron chi connectivity index (χ3n) is 6.61. The normalized spacial score (nSPS) is 16.5. The maximum atomic E-state index is 12.7. The first-order chi connectivity index (χ1) is 16.3. The standard InChI is InChI=1S/C26H31N3O5/c1-17-13-19(14-18(2)24(17)31)15-22(30)16-34-26(33)28-10-8-21(9-11-28)29-12-7-20-5-3-4-6-23(20)27-25(29)32/h3-6,13-14,21,31H,7-12,15-16H2,1-2H3,(H,27,32). The molecular weight excluding hydrogens is 434 g/mol. The molecule has 8 nitrogen and oxygen atoms in total. The monoisotopic (exact) mass is 465 g/mol. The Morgan fingerprint density at radius 2 is 1.76 bits per heavy atom. The molecule has 0 aromatic heterocycles. The first-order valence-electron chi connectivity index (χ1n) is 11.7. The zero-order chi connectivity index (χ0) is 24.2. The molecule has 0 radical (unpaired) electrons. The number of nitrogens with one attached hydrogen (secondary N) is 1. The van der Waals surface area contributed by atoms with Crippen molar-refractivity contribution in [1.29, 1.82) is 0 Å². The van der Waals surface area contributed by atoms with Gasteiger partial charge >= 0.3 is 12.1 Å². The first kappa shape index (κ1) is 23.6. The predicted molar refractivity (Wildman–Crippen MR) is 128 cm³/mol. The summed E-state index contributed by atoms with van der Waals surface area (Å²) in [5.74, 6) is 0.0294. The second kappa shape index (κ2) is 10.2. The van der Waals surface area contributed by atoms with Crippen LogP contribution in [0.5, 0.6) is 5.75 Å². The number of ketones is 1. The summed E-state index contributed by atoms with van der Waals surface area (Å²) in [4.78, 5) is 41.0. The number of para-hydroxylation sites is 1. The Hall–Kier alpha value is -3.55. The summed E-state index contributed by atoms with van der Waals surface area (Å²) in [5.41, 5.74) is 4.20. The van der Waals surface area contributed by atoms with Crippen LogP contribution in [0.25, 0.3) is 0 Å². The zero-order valence-electron chi connectivity index (χ0n) is 19.7. The van der Waals surface area contributed by atoms with Crippen molar-refractivity contribution in [3.63, 3.8) is 0 Å². The average molecular weight is 466 g/mol. The van der Waals surface area contributed by atoms with Crippen molar-refractivity contribution in [2.45, 2.75) is 45.6 Å². The molecule has 0 atom stereocenters. The number of amides is 3. The molecule has 0 unspecified atom stereocenters. The second-order valence-electron chi connectivity index (χ2n) is 9.10. The van der Waals surface area contributed by atoms with Crippen molar-refractivity contribution in [1.82, 2.24) is 9.80 Å². The molecule has 1 fully saturated rings. The van der Waals surface area contributed by atoms with Gasteiger partial charge in [-0.05, 0) is 61.4 Å². The van der Waals surface area contributed by atoms with Gasteiger partial charge in [0.15, 0.2) is 12.4 Å². The highest BCUT2D eigenvalue weighted by molar-refractivity contribution is 5.91. The van der Waals surface area contributed by atoms with Crippen LogP contribution in [0.2, 0.25) is 0 Å². The van der Waals surface area contributed by atoms with E-state index in [2.05, 4.69) is 5.32 Å². The lowest BCUT2D eigenvalue weighted by Gasteiger charge is -2.37. The minimum Gasteiger partial charge on any atom is -0.507 e. The molecule has 2 aliphatic rings. The fraction of sp³-hybridized carbons (Fsp3) is 0.423. The average Bonchev–Trinajstić information content (AvgIpc) is 2.99. The van der Waals surface area contributed by atoms with E-state index in [0.29, 0.717) is 43.6 Å². The Kier molecular flexibility index (Phi) is 7.05. The molecule has 2 aromatic carbocycles. The summed E-state index contributed by atoms with van der Waals surface area (Å²) in [5, 5.41) is 12.9. The number of hydrogen-bond donors (Lipinski definition) is 2. The molecule has 34 heavy (non-hydrogen) atoms. The van der Waals surface area contributed by atoms with E-state index in [1.807, 2.05) is 29.2 Å². The Balaban J connectivity index is 1.24. The topological polar surface area (TPSA) is 99.2 Å². The van der Waals surface area contributed by atoms with Gasteiger partial charge in [-0.2, -0.15) is 0 Å². The third-order valence-corrected chi connectivity index (χ3v) is 6.61. The summed E-state index contributed by atoms with van der Waals surface area (Å²) in [6, 6.07) is 11.3. The van der Waals surface area contributed by atoms with Crippen molar-refractivity contribution in [3.05, 3.63) is 58.7 Å². The highest BCUT2D eigenvalue weighted by Crippen LogP contribution is 2.25. The maximum Gasteiger partial charge on any atom is 0.410 e. The number of carbonyl (C=O) groups is 3. The molecule has 3 amide bonds. The number of piperidine rings is 1. The number of aryl methyl sites for hydroxylation is 2. The van der Waals surface area contributed by atoms with E-state index in [1.165, 1.54) is 0 Å². The van der Waals surface area contributed by atoms with Gasteiger partial charge in [0, 0.05) is 37.8 Å². The molecule has 2 aliphatic heterocycles. The Bertz CT molecular complexity index is 1070. The summed E-state index contributed by atoms with van der Waals surface area (Å²) >= 11 is 0. The van der Waals surface area contributed by atoms with Gasteiger partial charge in [-0.1, -0.05) is 30.3 Å². The summed E-state index contributed by atoms with van der Waals surface area (Å²) in [7, 11) is 0. The molecule has 180 valence electrons. The molecule has 8 heteroatoms. The van der Waals surface area contributed by atoms with Gasteiger partial charge in [0.25, 0.3) is 0 Å². The third kappa shape index (κ3) is 5.32. The molecule has 0 spiro atoms. The largest absolute Gasteiger partial charge is 0.507 e. The van der Waals surface area contributed by atoms with Crippen LogP contribution in [0.15, 0.2) is 36.4 Å². The molecule has 0 bridgehead atoms. The van der Waals surface area contributed by atoms with Gasteiger partial charge in [-0.25, -0.2) is 9.59 Å². The number of rotatable bonds is 5. The number of urea groups is 1. The summed E-state index contributed by atoms with van der Waals surface area (Å²) in [6.45, 7) is 4.88. The number of carbonyl (C=O) groups excluding carboxylic acids is 3. The van der Waals surface area contributed by atoms with Crippen molar-refractivity contribution in [3.8, 4) is 5.75 Å². The highest BCUT2D eigenvalue weighted by atomic mass is 16.6. The van der Waals surface area contributed by atoms with E-state index in [0.717, 1.165) is 23.2 Å². The summed E-state index contributed by atoms with van der Waals surface area (Å²) < 4.78 is 5.26. The molecule has 2 heterocycles. The van der Waals surface area contributed by atoms with Crippen molar-refractivity contribution >= 4 is 23.6 Å². The van der Waals surface area contributed by atoms with Gasteiger partial charge in [-0.15, -0.1) is 0 Å². The van der Waals surface area contributed by atoms with Crippen LogP contribution in [0, 0.1) is 13.8 Å². The molecule has 1 saturated heterocycles. The molecular formula is C26H31N3O5. The van der Waals surface area contributed by atoms with Gasteiger partial charge < -0.3 is 25.0 Å². The van der Waals surface area contributed by atoms with Crippen molar-refractivity contribution in [2.24, 2.45) is 0 Å². The number of Topliss-reactive ketones (excluding diaryl/α,β-unsaturated/α-hetero) is 1. The lowest BCUT2D eigenvalue weighted by molar-refractivity contribution is -0.121. The van der Waals surface area contributed by atoms with Gasteiger partial charge in [0.05, 0.1) is 0 Å². The fourth-order valence-electron chi connectivity index (χ4n) is 4.76. The minimum atomic E-state index is -0.502. The van der Waals surface area contributed by atoms with E-state index in [9.17, 15) is 19.5 Å².